The summed E-state index contributed by atoms with van der Waals surface area (Å²) in [6.07, 6.45) is 0.938. The van der Waals surface area contributed by atoms with Gasteiger partial charge in [0.2, 0.25) is 0 Å². The van der Waals surface area contributed by atoms with Gasteiger partial charge >= 0.3 is 5.97 Å². The zero-order valence-electron chi connectivity index (χ0n) is 6.79. The second kappa shape index (κ2) is 4.08. The van der Waals surface area contributed by atoms with Gasteiger partial charge in [0.25, 0.3) is 0 Å². The first-order valence-corrected chi connectivity index (χ1v) is 3.31. The van der Waals surface area contributed by atoms with Crippen LogP contribution >= 0.6 is 0 Å². The Kier molecular flexibility index (Phi) is 3.74. The van der Waals surface area contributed by atoms with Crippen molar-refractivity contribution in [2.45, 2.75) is 25.3 Å². The van der Waals surface area contributed by atoms with Crippen LogP contribution in [0.2, 0.25) is 0 Å². The van der Waals surface area contributed by atoms with Gasteiger partial charge in [0.15, 0.2) is 0 Å². The van der Waals surface area contributed by atoms with Crippen LogP contribution < -0.4 is 5.73 Å². The number of carbonyl (C=O) groups is 2. The number of methoxy groups -OCH3 is 1. The summed E-state index contributed by atoms with van der Waals surface area (Å²) < 4.78 is 4.40. The molecule has 0 radical (unpaired) electrons. The van der Waals surface area contributed by atoms with Gasteiger partial charge in [0.1, 0.15) is 6.29 Å². The van der Waals surface area contributed by atoms with E-state index < -0.39 is 11.5 Å². The lowest BCUT2D eigenvalue weighted by Gasteiger charge is -2.19. The highest BCUT2D eigenvalue weighted by Gasteiger charge is 2.22. The molecule has 4 heteroatoms. The summed E-state index contributed by atoms with van der Waals surface area (Å²) in [6.45, 7) is 1.64. The van der Waals surface area contributed by atoms with Gasteiger partial charge in [-0.3, -0.25) is 4.79 Å². The van der Waals surface area contributed by atoms with Crippen LogP contribution in [-0.4, -0.2) is 24.9 Å². The molecule has 0 aromatic heterocycles. The van der Waals surface area contributed by atoms with Crippen molar-refractivity contribution in [1.82, 2.24) is 0 Å². The van der Waals surface area contributed by atoms with E-state index >= 15 is 0 Å². The van der Waals surface area contributed by atoms with E-state index in [0.29, 0.717) is 6.29 Å². The Morgan fingerprint density at radius 1 is 1.73 bits per heavy atom. The van der Waals surface area contributed by atoms with E-state index in [9.17, 15) is 9.59 Å². The molecule has 11 heavy (non-hydrogen) atoms. The second-order valence-electron chi connectivity index (χ2n) is 2.78. The van der Waals surface area contributed by atoms with Gasteiger partial charge in [-0.1, -0.05) is 0 Å². The molecule has 0 saturated heterocycles. The van der Waals surface area contributed by atoms with Crippen LogP contribution in [0.15, 0.2) is 0 Å². The first-order chi connectivity index (χ1) is 5.02. The SMILES string of the molecule is COC(=O)CC(C)(N)CC=O. The molecule has 0 rings (SSSR count). The molecule has 2 N–H and O–H groups in total. The fourth-order valence-corrected chi connectivity index (χ4v) is 0.664. The fourth-order valence-electron chi connectivity index (χ4n) is 0.664. The van der Waals surface area contributed by atoms with Crippen LogP contribution in [-0.2, 0) is 14.3 Å². The standard InChI is InChI=1S/C7H13NO3/c1-7(8,3-4-9)5-6(10)11-2/h4H,3,5,8H2,1-2H3. The molecule has 0 aliphatic heterocycles. The number of carbonyl (C=O) groups excluding carboxylic acids is 2. The summed E-state index contributed by atoms with van der Waals surface area (Å²) in [6, 6.07) is 0. The third-order valence-electron chi connectivity index (χ3n) is 1.33. The maximum atomic E-state index is 10.7. The highest BCUT2D eigenvalue weighted by atomic mass is 16.5. The van der Waals surface area contributed by atoms with Gasteiger partial charge in [-0.05, 0) is 6.92 Å². The molecule has 0 aliphatic rings. The first kappa shape index (κ1) is 10.1. The Morgan fingerprint density at radius 2 is 2.27 bits per heavy atom. The number of nitrogens with two attached hydrogens (primary N) is 1. The second-order valence-corrected chi connectivity index (χ2v) is 2.78. The van der Waals surface area contributed by atoms with Crippen LogP contribution in [0.4, 0.5) is 0 Å². The van der Waals surface area contributed by atoms with Crippen molar-refractivity contribution in [2.24, 2.45) is 5.73 Å². The summed E-state index contributed by atoms with van der Waals surface area (Å²) in [7, 11) is 1.29. The van der Waals surface area contributed by atoms with Crippen LogP contribution in [0.25, 0.3) is 0 Å². The van der Waals surface area contributed by atoms with Crippen LogP contribution in [0.1, 0.15) is 19.8 Å². The Balaban J connectivity index is 3.89. The lowest BCUT2D eigenvalue weighted by atomic mass is 9.96. The molecule has 0 aromatic rings. The predicted octanol–water partition coefficient (Wildman–Crippen LogP) is -0.144. The molecular weight excluding hydrogens is 146 g/mol. The Labute approximate surface area is 65.7 Å². The maximum absolute atomic E-state index is 10.7. The molecule has 0 aromatic carbocycles. The topological polar surface area (TPSA) is 69.4 Å². The molecule has 0 spiro atoms. The van der Waals surface area contributed by atoms with Gasteiger partial charge in [-0.25, -0.2) is 0 Å². The van der Waals surface area contributed by atoms with E-state index in [1.165, 1.54) is 7.11 Å². The van der Waals surface area contributed by atoms with E-state index in [4.69, 9.17) is 5.73 Å². The highest BCUT2D eigenvalue weighted by molar-refractivity contribution is 5.71. The minimum atomic E-state index is -0.769. The number of ether oxygens (including phenoxy) is 1. The quantitative estimate of drug-likeness (QED) is 0.457. The number of hydrogen-bond donors (Lipinski definition) is 1. The molecule has 1 unspecified atom stereocenters. The molecular formula is C7H13NO3. The van der Waals surface area contributed by atoms with E-state index in [1.807, 2.05) is 0 Å². The Bertz CT molecular complexity index is 154. The zero-order valence-corrected chi connectivity index (χ0v) is 6.79. The van der Waals surface area contributed by atoms with Gasteiger partial charge in [0, 0.05) is 12.0 Å². The van der Waals surface area contributed by atoms with E-state index in [2.05, 4.69) is 4.74 Å². The summed E-state index contributed by atoms with van der Waals surface area (Å²) in [4.78, 5) is 20.7. The van der Waals surface area contributed by atoms with Crippen molar-refractivity contribution in [1.29, 1.82) is 0 Å². The average Bonchev–Trinajstić information content (AvgIpc) is 1.86. The number of esters is 1. The van der Waals surface area contributed by atoms with Gasteiger partial charge in [-0.2, -0.15) is 0 Å². The van der Waals surface area contributed by atoms with Crippen LogP contribution in [0.3, 0.4) is 0 Å². The van der Waals surface area contributed by atoms with Gasteiger partial charge in [0.05, 0.1) is 13.5 Å². The molecule has 0 fully saturated rings. The monoisotopic (exact) mass is 159 g/mol. The minimum absolute atomic E-state index is 0.0717. The third kappa shape index (κ3) is 4.50. The normalized spacial score (nSPS) is 15.2. The zero-order chi connectivity index (χ0) is 8.91. The van der Waals surface area contributed by atoms with Gasteiger partial charge < -0.3 is 15.3 Å². The van der Waals surface area contributed by atoms with Gasteiger partial charge in [-0.15, -0.1) is 0 Å². The van der Waals surface area contributed by atoms with Crippen molar-refractivity contribution >= 4 is 12.3 Å². The molecule has 0 amide bonds. The van der Waals surface area contributed by atoms with Crippen molar-refractivity contribution < 1.29 is 14.3 Å². The van der Waals surface area contributed by atoms with E-state index in [0.717, 1.165) is 0 Å². The summed E-state index contributed by atoms with van der Waals surface area (Å²) in [5.41, 5.74) is 4.80. The molecule has 1 atom stereocenters. The predicted molar refractivity (Wildman–Crippen MR) is 39.9 cm³/mol. The summed E-state index contributed by atoms with van der Waals surface area (Å²) >= 11 is 0. The maximum Gasteiger partial charge on any atom is 0.307 e. The average molecular weight is 159 g/mol. The smallest absolute Gasteiger partial charge is 0.307 e. The molecule has 0 aliphatic carbocycles. The molecule has 0 heterocycles. The minimum Gasteiger partial charge on any atom is -0.469 e. The first-order valence-electron chi connectivity index (χ1n) is 3.31. The van der Waals surface area contributed by atoms with E-state index in [-0.39, 0.29) is 12.8 Å². The van der Waals surface area contributed by atoms with Crippen molar-refractivity contribution in [3.8, 4) is 0 Å². The Morgan fingerprint density at radius 3 is 2.64 bits per heavy atom. The molecule has 0 bridgehead atoms. The molecule has 0 saturated carbocycles. The summed E-state index contributed by atoms with van der Waals surface area (Å²) in [5.74, 6) is -0.392. The third-order valence-corrected chi connectivity index (χ3v) is 1.33. The lowest BCUT2D eigenvalue weighted by Crippen LogP contribution is -2.39. The van der Waals surface area contributed by atoms with Crippen molar-refractivity contribution in [3.05, 3.63) is 0 Å². The van der Waals surface area contributed by atoms with E-state index in [1.54, 1.807) is 6.92 Å². The fraction of sp³-hybridized carbons (Fsp3) is 0.714. The number of rotatable bonds is 4. The highest BCUT2D eigenvalue weighted by Crippen LogP contribution is 2.09. The van der Waals surface area contributed by atoms with Crippen molar-refractivity contribution in [2.75, 3.05) is 7.11 Å². The van der Waals surface area contributed by atoms with Crippen molar-refractivity contribution in [3.63, 3.8) is 0 Å². The molecule has 64 valence electrons. The summed E-state index contributed by atoms with van der Waals surface area (Å²) in [5, 5.41) is 0. The van der Waals surface area contributed by atoms with Crippen LogP contribution in [0, 0.1) is 0 Å². The number of aldehydes is 1. The largest absolute Gasteiger partial charge is 0.469 e. The van der Waals surface area contributed by atoms with Crippen LogP contribution in [0.5, 0.6) is 0 Å². The molecule has 4 nitrogen and oxygen atoms in total. The Hall–Kier alpha value is -0.900. The lowest BCUT2D eigenvalue weighted by molar-refractivity contribution is -0.141. The number of hydrogen-bond acceptors (Lipinski definition) is 4.